The summed E-state index contributed by atoms with van der Waals surface area (Å²) in [6.45, 7) is 4.09. The van der Waals surface area contributed by atoms with Crippen molar-refractivity contribution < 1.29 is 9.59 Å². The Morgan fingerprint density at radius 2 is 2.05 bits per heavy atom. The van der Waals surface area contributed by atoms with Gasteiger partial charge in [0.15, 0.2) is 0 Å². The van der Waals surface area contributed by atoms with Crippen LogP contribution in [0.15, 0.2) is 18.2 Å². The Kier molecular flexibility index (Phi) is 4.34. The zero-order valence-electron chi connectivity index (χ0n) is 11.9. The van der Waals surface area contributed by atoms with Gasteiger partial charge in [0.05, 0.1) is 5.92 Å². The Bertz CT molecular complexity index is 518. The Balaban J connectivity index is 2.18. The van der Waals surface area contributed by atoms with E-state index in [2.05, 4.69) is 4.98 Å². The number of hydrogen-bond acceptors (Lipinski definition) is 4. The summed E-state index contributed by atoms with van der Waals surface area (Å²) >= 11 is 0. The molecule has 2 rings (SSSR count). The van der Waals surface area contributed by atoms with Crippen LogP contribution in [0.4, 0.5) is 0 Å². The predicted molar refractivity (Wildman–Crippen MR) is 75.1 cm³/mol. The van der Waals surface area contributed by atoms with E-state index in [0.717, 1.165) is 12.2 Å². The molecular formula is C14H20N4O2. The number of carbonyl (C=O) groups excluding carboxylic acids is 2. The minimum Gasteiger partial charge on any atom is -0.369 e. The van der Waals surface area contributed by atoms with E-state index in [0.29, 0.717) is 25.3 Å². The zero-order chi connectivity index (χ0) is 14.7. The fourth-order valence-corrected chi connectivity index (χ4v) is 2.36. The highest BCUT2D eigenvalue weighted by Gasteiger charge is 2.28. The van der Waals surface area contributed by atoms with Crippen LogP contribution in [-0.2, 0) is 4.79 Å². The first-order valence-corrected chi connectivity index (χ1v) is 6.68. The minimum atomic E-state index is -0.367. The molecule has 1 aliphatic heterocycles. The van der Waals surface area contributed by atoms with E-state index in [1.54, 1.807) is 11.0 Å². The number of amides is 2. The van der Waals surface area contributed by atoms with Crippen LogP contribution in [0.25, 0.3) is 0 Å². The average Bonchev–Trinajstić information content (AvgIpc) is 2.60. The molecule has 6 nitrogen and oxygen atoms in total. The molecule has 2 N–H and O–H groups in total. The van der Waals surface area contributed by atoms with Gasteiger partial charge in [-0.25, -0.2) is 4.98 Å². The van der Waals surface area contributed by atoms with Crippen LogP contribution in [-0.4, -0.2) is 59.8 Å². The van der Waals surface area contributed by atoms with Crippen molar-refractivity contribution in [1.29, 1.82) is 0 Å². The standard InChI is InChI=1S/C14H20N4O2/c1-10-4-3-5-12(16-10)14(20)18-7-6-17(2)8-11(9-18)13(15)19/h3-5,11H,6-9H2,1-2H3,(H2,15,19)/t11-/m0/s1. The molecule has 2 amide bonds. The summed E-state index contributed by atoms with van der Waals surface area (Å²) in [5.41, 5.74) is 6.62. The number of primary amides is 1. The highest BCUT2D eigenvalue weighted by molar-refractivity contribution is 5.92. The van der Waals surface area contributed by atoms with Gasteiger partial charge in [0.25, 0.3) is 5.91 Å². The Morgan fingerprint density at radius 1 is 1.30 bits per heavy atom. The molecule has 1 aliphatic rings. The van der Waals surface area contributed by atoms with E-state index in [9.17, 15) is 9.59 Å². The van der Waals surface area contributed by atoms with Crippen LogP contribution < -0.4 is 5.73 Å². The third-order valence-electron chi connectivity index (χ3n) is 3.52. The first kappa shape index (κ1) is 14.5. The maximum absolute atomic E-state index is 12.5. The molecule has 0 aromatic carbocycles. The number of nitrogens with two attached hydrogens (primary N) is 1. The monoisotopic (exact) mass is 276 g/mol. The fraction of sp³-hybridized carbons (Fsp3) is 0.500. The lowest BCUT2D eigenvalue weighted by atomic mass is 10.1. The molecule has 0 spiro atoms. The predicted octanol–water partition coefficient (Wildman–Crippen LogP) is -0.121. The van der Waals surface area contributed by atoms with E-state index in [-0.39, 0.29) is 17.7 Å². The van der Waals surface area contributed by atoms with Gasteiger partial charge in [-0.1, -0.05) is 6.07 Å². The van der Waals surface area contributed by atoms with Crippen LogP contribution in [0, 0.1) is 12.8 Å². The Morgan fingerprint density at radius 3 is 2.70 bits per heavy atom. The Hall–Kier alpha value is -1.95. The SMILES string of the molecule is Cc1cccc(C(=O)N2CCN(C)C[C@H](C(N)=O)C2)n1. The van der Waals surface area contributed by atoms with Crippen LogP contribution >= 0.6 is 0 Å². The normalized spacial score (nSPS) is 20.5. The van der Waals surface area contributed by atoms with Crippen LogP contribution in [0.3, 0.4) is 0 Å². The van der Waals surface area contributed by atoms with E-state index < -0.39 is 0 Å². The number of nitrogens with zero attached hydrogens (tertiary/aromatic N) is 3. The molecule has 0 radical (unpaired) electrons. The van der Waals surface area contributed by atoms with Crippen molar-refractivity contribution in [2.45, 2.75) is 6.92 Å². The van der Waals surface area contributed by atoms with Crippen molar-refractivity contribution in [3.8, 4) is 0 Å². The van der Waals surface area contributed by atoms with Gasteiger partial charge in [-0.2, -0.15) is 0 Å². The number of aromatic nitrogens is 1. The first-order chi connectivity index (χ1) is 9.47. The summed E-state index contributed by atoms with van der Waals surface area (Å²) in [7, 11) is 1.93. The van der Waals surface area contributed by atoms with E-state index in [1.807, 2.05) is 31.0 Å². The molecule has 1 aromatic rings. The van der Waals surface area contributed by atoms with Crippen molar-refractivity contribution in [3.63, 3.8) is 0 Å². The molecule has 1 fully saturated rings. The van der Waals surface area contributed by atoms with Gasteiger partial charge in [0, 0.05) is 31.9 Å². The third-order valence-corrected chi connectivity index (χ3v) is 3.52. The van der Waals surface area contributed by atoms with Crippen molar-refractivity contribution in [3.05, 3.63) is 29.6 Å². The van der Waals surface area contributed by atoms with Crippen molar-refractivity contribution in [2.75, 3.05) is 33.2 Å². The molecule has 0 unspecified atom stereocenters. The molecule has 1 atom stereocenters. The van der Waals surface area contributed by atoms with Crippen molar-refractivity contribution >= 4 is 11.8 Å². The molecular weight excluding hydrogens is 256 g/mol. The lowest BCUT2D eigenvalue weighted by molar-refractivity contribution is -0.122. The zero-order valence-corrected chi connectivity index (χ0v) is 11.9. The minimum absolute atomic E-state index is 0.143. The molecule has 0 bridgehead atoms. The summed E-state index contributed by atoms with van der Waals surface area (Å²) in [6, 6.07) is 5.35. The number of pyridine rings is 1. The first-order valence-electron chi connectivity index (χ1n) is 6.68. The van der Waals surface area contributed by atoms with Crippen LogP contribution in [0.5, 0.6) is 0 Å². The second kappa shape index (κ2) is 6.00. The van der Waals surface area contributed by atoms with E-state index in [4.69, 9.17) is 5.73 Å². The number of aryl methyl sites for hydroxylation is 1. The van der Waals surface area contributed by atoms with Gasteiger partial charge in [-0.05, 0) is 26.1 Å². The second-order valence-electron chi connectivity index (χ2n) is 5.28. The molecule has 2 heterocycles. The fourth-order valence-electron chi connectivity index (χ4n) is 2.36. The largest absolute Gasteiger partial charge is 0.369 e. The van der Waals surface area contributed by atoms with Gasteiger partial charge in [0.1, 0.15) is 5.69 Å². The topological polar surface area (TPSA) is 79.5 Å². The smallest absolute Gasteiger partial charge is 0.272 e. The highest BCUT2D eigenvalue weighted by atomic mass is 16.2. The molecule has 1 aromatic heterocycles. The average molecular weight is 276 g/mol. The van der Waals surface area contributed by atoms with Crippen molar-refractivity contribution in [2.24, 2.45) is 11.7 Å². The quantitative estimate of drug-likeness (QED) is 0.816. The summed E-state index contributed by atoms with van der Waals surface area (Å²) in [6.07, 6.45) is 0. The van der Waals surface area contributed by atoms with Gasteiger partial charge in [-0.15, -0.1) is 0 Å². The van der Waals surface area contributed by atoms with Gasteiger partial charge in [0.2, 0.25) is 5.91 Å². The van der Waals surface area contributed by atoms with Gasteiger partial charge >= 0.3 is 0 Å². The highest BCUT2D eigenvalue weighted by Crippen LogP contribution is 2.11. The summed E-state index contributed by atoms with van der Waals surface area (Å²) < 4.78 is 0. The molecule has 0 aliphatic carbocycles. The van der Waals surface area contributed by atoms with E-state index >= 15 is 0 Å². The number of hydrogen-bond donors (Lipinski definition) is 1. The lowest BCUT2D eigenvalue weighted by Crippen LogP contribution is -2.40. The maximum atomic E-state index is 12.5. The molecule has 108 valence electrons. The molecule has 6 heteroatoms. The molecule has 1 saturated heterocycles. The summed E-state index contributed by atoms with van der Waals surface area (Å²) in [5, 5.41) is 0. The van der Waals surface area contributed by atoms with E-state index in [1.165, 1.54) is 0 Å². The summed E-state index contributed by atoms with van der Waals surface area (Å²) in [4.78, 5) is 31.9. The van der Waals surface area contributed by atoms with Crippen LogP contribution in [0.2, 0.25) is 0 Å². The number of carbonyl (C=O) groups is 2. The summed E-state index contributed by atoms with van der Waals surface area (Å²) in [5.74, 6) is -0.847. The van der Waals surface area contributed by atoms with Crippen molar-refractivity contribution in [1.82, 2.24) is 14.8 Å². The van der Waals surface area contributed by atoms with Gasteiger partial charge < -0.3 is 15.5 Å². The van der Waals surface area contributed by atoms with Crippen LogP contribution in [0.1, 0.15) is 16.2 Å². The third kappa shape index (κ3) is 3.33. The Labute approximate surface area is 118 Å². The maximum Gasteiger partial charge on any atom is 0.272 e. The molecule has 20 heavy (non-hydrogen) atoms. The molecule has 0 saturated carbocycles. The second-order valence-corrected chi connectivity index (χ2v) is 5.28. The number of rotatable bonds is 2. The number of likely N-dealkylation sites (N-methyl/N-ethyl adjacent to an activating group) is 1. The lowest BCUT2D eigenvalue weighted by Gasteiger charge is -2.22. The van der Waals surface area contributed by atoms with Gasteiger partial charge in [-0.3, -0.25) is 9.59 Å².